The van der Waals surface area contributed by atoms with Crippen molar-refractivity contribution in [3.8, 4) is 0 Å². The molecule has 0 radical (unpaired) electrons. The van der Waals surface area contributed by atoms with Crippen molar-refractivity contribution in [3.05, 3.63) is 0 Å². The van der Waals surface area contributed by atoms with Crippen LogP contribution in [0.25, 0.3) is 0 Å². The van der Waals surface area contributed by atoms with Crippen LogP contribution in [0.1, 0.15) is 88.0 Å². The molecule has 4 saturated heterocycles. The number of hydrogen-bond acceptors (Lipinski definition) is 15. The Morgan fingerprint density at radius 3 is 2.27 bits per heavy atom. The molecule has 298 valence electrons. The van der Waals surface area contributed by atoms with Gasteiger partial charge in [-0.3, -0.25) is 10.1 Å². The maximum Gasteiger partial charge on any atom is 0.311 e. The van der Waals surface area contributed by atoms with Crippen LogP contribution in [0.2, 0.25) is 0 Å². The maximum atomic E-state index is 14.3. The van der Waals surface area contributed by atoms with E-state index in [0.717, 1.165) is 0 Å². The highest BCUT2D eigenvalue weighted by molar-refractivity contribution is 5.73. The Morgan fingerprint density at radius 2 is 1.69 bits per heavy atom. The number of aliphatic hydroxyl groups is 5. The molecule has 4 fully saturated rings. The first-order valence-corrected chi connectivity index (χ1v) is 18.5. The quantitative estimate of drug-likeness (QED) is 0.182. The van der Waals surface area contributed by atoms with Crippen molar-refractivity contribution in [3.63, 3.8) is 0 Å². The number of methoxy groups -OCH3 is 1. The number of nitrogens with one attached hydrogen (secondary N) is 1. The molecule has 1 unspecified atom stereocenters. The van der Waals surface area contributed by atoms with Gasteiger partial charge in [0.05, 0.1) is 35.9 Å². The van der Waals surface area contributed by atoms with Crippen molar-refractivity contribution in [2.45, 2.75) is 185 Å². The minimum atomic E-state index is -1.86. The largest absolute Gasteiger partial charge is 0.458 e. The van der Waals surface area contributed by atoms with E-state index in [1.54, 1.807) is 27.7 Å². The lowest BCUT2D eigenvalue weighted by molar-refractivity contribution is -0.350. The van der Waals surface area contributed by atoms with Gasteiger partial charge >= 0.3 is 5.97 Å². The Kier molecular flexibility index (Phi) is 13.7. The number of aliphatic hydroxyl groups excluding tert-OH is 4. The lowest BCUT2D eigenvalue weighted by Gasteiger charge is -2.53. The SMILES string of the molecule is CC[C@@H](O)[C@@](C)(O)[C@@H]1OC(=O)[C@@H](C)[C@@H](O[C@H]2C[C@@](C)(OC)[C@@H](O)[C@H](O)O2)[C@H](C)[C@@H](O[C@@H]2O[C@H](C)C[C@H](N(C)C)[C@H]2O)[C@@]2(C)C[C@@H](C)NC(O2)[C@H]1C. The summed E-state index contributed by atoms with van der Waals surface area (Å²) >= 11 is 0. The summed E-state index contributed by atoms with van der Waals surface area (Å²) in [6.07, 6.45) is -10.3. The van der Waals surface area contributed by atoms with Crippen LogP contribution < -0.4 is 5.32 Å². The summed E-state index contributed by atoms with van der Waals surface area (Å²) in [5, 5.41) is 59.1. The van der Waals surface area contributed by atoms with E-state index < -0.39 is 102 Å². The molecule has 0 saturated carbocycles. The van der Waals surface area contributed by atoms with Crippen molar-refractivity contribution < 1.29 is 63.5 Å². The van der Waals surface area contributed by atoms with Gasteiger partial charge in [0.1, 0.15) is 35.7 Å². The summed E-state index contributed by atoms with van der Waals surface area (Å²) in [5.74, 6) is -3.07. The molecule has 19 atom stereocenters. The molecular weight excluding hydrogens is 668 g/mol. The highest BCUT2D eigenvalue weighted by atomic mass is 16.7. The second-order valence-corrected chi connectivity index (χ2v) is 16.5. The molecule has 0 amide bonds. The number of esters is 1. The highest BCUT2D eigenvalue weighted by Crippen LogP contribution is 2.44. The van der Waals surface area contributed by atoms with Crippen LogP contribution in [0.4, 0.5) is 0 Å². The molecule has 4 aliphatic heterocycles. The monoisotopic (exact) mass is 734 g/mol. The third-order valence-electron chi connectivity index (χ3n) is 11.9. The lowest BCUT2D eigenvalue weighted by atomic mass is 9.77. The average molecular weight is 735 g/mol. The second-order valence-electron chi connectivity index (χ2n) is 16.5. The number of ether oxygens (including phenoxy) is 7. The molecule has 2 bridgehead atoms. The third-order valence-corrected chi connectivity index (χ3v) is 11.9. The number of carbonyl (C=O) groups excluding carboxylic acids is 1. The normalized spacial score (nSPS) is 49.1. The predicted octanol–water partition coefficient (Wildman–Crippen LogP) is 0.852. The average Bonchev–Trinajstić information content (AvgIpc) is 3.06. The van der Waals surface area contributed by atoms with Crippen LogP contribution >= 0.6 is 0 Å². The molecule has 0 aromatic rings. The molecular formula is C36H66N2O13. The molecule has 0 spiro atoms. The second kappa shape index (κ2) is 16.4. The zero-order valence-electron chi connectivity index (χ0n) is 32.5. The number of rotatable bonds is 9. The van der Waals surface area contributed by atoms with Crippen molar-refractivity contribution in [1.29, 1.82) is 0 Å². The van der Waals surface area contributed by atoms with Gasteiger partial charge in [-0.1, -0.05) is 20.8 Å². The fourth-order valence-corrected chi connectivity index (χ4v) is 8.63. The number of fused-ring (bicyclic) bond motifs is 2. The molecule has 0 aromatic heterocycles. The van der Waals surface area contributed by atoms with E-state index in [-0.39, 0.29) is 31.0 Å². The number of hydrogen-bond donors (Lipinski definition) is 6. The Balaban J connectivity index is 1.85. The van der Waals surface area contributed by atoms with Gasteiger partial charge < -0.3 is 63.6 Å². The zero-order valence-corrected chi connectivity index (χ0v) is 32.5. The number of carbonyl (C=O) groups is 1. The summed E-state index contributed by atoms with van der Waals surface area (Å²) in [4.78, 5) is 16.2. The summed E-state index contributed by atoms with van der Waals surface area (Å²) in [7, 11) is 5.20. The lowest BCUT2D eigenvalue weighted by Crippen LogP contribution is -2.66. The first-order chi connectivity index (χ1) is 23.6. The van der Waals surface area contributed by atoms with Crippen molar-refractivity contribution >= 4 is 5.97 Å². The van der Waals surface area contributed by atoms with Gasteiger partial charge in [-0.05, 0) is 74.9 Å². The molecule has 51 heavy (non-hydrogen) atoms. The van der Waals surface area contributed by atoms with Crippen molar-refractivity contribution in [1.82, 2.24) is 10.2 Å². The minimum absolute atomic E-state index is 0.0125. The van der Waals surface area contributed by atoms with Crippen LogP contribution in [0, 0.1) is 17.8 Å². The van der Waals surface area contributed by atoms with E-state index in [9.17, 15) is 30.3 Å². The predicted molar refractivity (Wildman–Crippen MR) is 184 cm³/mol. The fraction of sp³-hybridized carbons (Fsp3) is 0.972. The maximum absolute atomic E-state index is 14.3. The Hall–Kier alpha value is -1.05. The Morgan fingerprint density at radius 1 is 1.04 bits per heavy atom. The third kappa shape index (κ3) is 8.77. The first kappa shape index (κ1) is 42.7. The molecule has 0 aliphatic carbocycles. The zero-order chi connectivity index (χ0) is 38.4. The smallest absolute Gasteiger partial charge is 0.311 e. The molecule has 4 aliphatic rings. The summed E-state index contributed by atoms with van der Waals surface area (Å²) in [6, 6.07) is -0.398. The van der Waals surface area contributed by atoms with Crippen LogP contribution in [0.5, 0.6) is 0 Å². The topological polar surface area (TPSA) is 198 Å². The molecule has 6 N–H and O–H groups in total. The van der Waals surface area contributed by atoms with Crippen LogP contribution in [-0.2, 0) is 38.0 Å². The molecule has 4 rings (SSSR count). The fourth-order valence-electron chi connectivity index (χ4n) is 8.63. The van der Waals surface area contributed by atoms with Crippen LogP contribution in [-0.4, -0.2) is 154 Å². The summed E-state index contributed by atoms with van der Waals surface area (Å²) in [6.45, 7) is 16.0. The number of cyclic esters (lactones) is 1. The van der Waals surface area contributed by atoms with Crippen LogP contribution in [0.3, 0.4) is 0 Å². The van der Waals surface area contributed by atoms with Gasteiger partial charge in [-0.15, -0.1) is 0 Å². The van der Waals surface area contributed by atoms with E-state index in [0.29, 0.717) is 12.8 Å². The number of likely N-dealkylation sites (N-methyl/N-ethyl adjacent to an activating group) is 1. The van der Waals surface area contributed by atoms with Gasteiger partial charge in [0.15, 0.2) is 18.9 Å². The summed E-state index contributed by atoms with van der Waals surface area (Å²) in [5.41, 5.74) is -4.18. The number of nitrogens with zero attached hydrogens (tertiary/aromatic N) is 1. The molecule has 0 aromatic carbocycles. The van der Waals surface area contributed by atoms with Gasteiger partial charge in [-0.25, -0.2) is 0 Å². The van der Waals surface area contributed by atoms with E-state index in [1.165, 1.54) is 14.0 Å². The molecule has 15 nitrogen and oxygen atoms in total. The van der Waals surface area contributed by atoms with Gasteiger partial charge in [0.25, 0.3) is 0 Å². The van der Waals surface area contributed by atoms with Gasteiger partial charge in [-0.2, -0.15) is 0 Å². The summed E-state index contributed by atoms with van der Waals surface area (Å²) < 4.78 is 44.2. The van der Waals surface area contributed by atoms with E-state index >= 15 is 0 Å². The van der Waals surface area contributed by atoms with E-state index in [2.05, 4.69) is 5.32 Å². The highest BCUT2D eigenvalue weighted by Gasteiger charge is 2.57. The Bertz CT molecular complexity index is 1160. The van der Waals surface area contributed by atoms with E-state index in [4.69, 9.17) is 33.2 Å². The first-order valence-electron chi connectivity index (χ1n) is 18.5. The van der Waals surface area contributed by atoms with E-state index in [1.807, 2.05) is 46.7 Å². The standard InChI is InChI=1S/C36H66N2O13/c1-13-23(39)36(9,44)29-21(6)30-37-17(2)15-35(8,51-30)28(50-33-25(40)22(38(10)11)14-18(3)46-33)19(4)26(20(5)31(42)49-29)47-24-16-34(7,45-12)27(41)32(43)48-24/h17-30,32-33,37,39-41,43-44H,13-16H2,1-12H3/t17-,18-,19+,20+,21+,22+,23-,24-,25-,26+,27+,28-,29-,30?,32-,33+,34-,35-,36-/m1/s1. The van der Waals surface area contributed by atoms with Crippen molar-refractivity contribution in [2.24, 2.45) is 17.8 Å². The van der Waals surface area contributed by atoms with Crippen LogP contribution in [0.15, 0.2) is 0 Å². The van der Waals surface area contributed by atoms with Gasteiger partial charge in [0, 0.05) is 37.5 Å². The Labute approximate surface area is 303 Å². The molecule has 4 heterocycles. The molecule has 15 heteroatoms. The van der Waals surface area contributed by atoms with Gasteiger partial charge in [0.2, 0.25) is 0 Å². The van der Waals surface area contributed by atoms with Crippen molar-refractivity contribution in [2.75, 3.05) is 21.2 Å². The minimum Gasteiger partial charge on any atom is -0.458 e.